The summed E-state index contributed by atoms with van der Waals surface area (Å²) in [7, 11) is 0. The van der Waals surface area contributed by atoms with Gasteiger partial charge in [-0.2, -0.15) is 0 Å². The minimum absolute atomic E-state index is 0.556. The van der Waals surface area contributed by atoms with E-state index in [0.29, 0.717) is 17.5 Å². The Hall–Kier alpha value is -7.83. The van der Waals surface area contributed by atoms with Crippen LogP contribution in [-0.4, -0.2) is 19.5 Å². The van der Waals surface area contributed by atoms with Crippen LogP contribution in [0.3, 0.4) is 0 Å². The third kappa shape index (κ3) is 5.01. The van der Waals surface area contributed by atoms with Crippen molar-refractivity contribution in [2.45, 2.75) is 0 Å². The summed E-state index contributed by atoms with van der Waals surface area (Å²) in [5, 5.41) is 6.50. The molecule has 0 saturated heterocycles. The van der Waals surface area contributed by atoms with E-state index >= 15 is 0 Å². The van der Waals surface area contributed by atoms with E-state index in [1.807, 2.05) is 42.5 Å². The van der Waals surface area contributed by atoms with Crippen LogP contribution in [0.15, 0.2) is 191 Å². The number of hydrogen-bond acceptors (Lipinski definition) is 5. The Morgan fingerprint density at radius 2 is 0.895 bits per heavy atom. The molecule has 0 atom stereocenters. The van der Waals surface area contributed by atoms with Gasteiger partial charge in [0.2, 0.25) is 0 Å². The minimum atomic E-state index is 0.556. The number of aromatic nitrogens is 4. The molecular formula is C51H30N4O2. The summed E-state index contributed by atoms with van der Waals surface area (Å²) in [5.74, 6) is 1.69. The summed E-state index contributed by atoms with van der Waals surface area (Å²) in [6.07, 6.45) is 0. The molecule has 12 rings (SSSR count). The number of benzene rings is 8. The molecule has 0 amide bonds. The first-order valence-electron chi connectivity index (χ1n) is 19.0. The Kier molecular flexibility index (Phi) is 6.83. The van der Waals surface area contributed by atoms with Crippen LogP contribution in [0.25, 0.3) is 117 Å². The van der Waals surface area contributed by atoms with Gasteiger partial charge >= 0.3 is 0 Å². The topological polar surface area (TPSA) is 69.9 Å². The van der Waals surface area contributed by atoms with Crippen LogP contribution >= 0.6 is 0 Å². The predicted octanol–water partition coefficient (Wildman–Crippen LogP) is 13.4. The number of rotatable bonds is 5. The van der Waals surface area contributed by atoms with Crippen molar-refractivity contribution in [1.29, 1.82) is 0 Å². The molecule has 4 heterocycles. The fraction of sp³-hybridized carbons (Fsp3) is 0. The second-order valence-electron chi connectivity index (χ2n) is 14.4. The largest absolute Gasteiger partial charge is 0.456 e. The molecule has 266 valence electrons. The lowest BCUT2D eigenvalue weighted by molar-refractivity contribution is 0.668. The zero-order valence-electron chi connectivity index (χ0n) is 30.4. The van der Waals surface area contributed by atoms with E-state index in [9.17, 15) is 0 Å². The first kappa shape index (κ1) is 31.5. The molecule has 0 bridgehead atoms. The third-order valence-corrected chi connectivity index (χ3v) is 11.1. The normalized spacial score (nSPS) is 11.9. The van der Waals surface area contributed by atoms with Gasteiger partial charge in [-0.25, -0.2) is 15.0 Å². The van der Waals surface area contributed by atoms with E-state index in [1.54, 1.807) is 0 Å². The number of furan rings is 2. The monoisotopic (exact) mass is 730 g/mol. The number of hydrogen-bond donors (Lipinski definition) is 0. The Bertz CT molecular complexity index is 3470. The highest BCUT2D eigenvalue weighted by Crippen LogP contribution is 2.40. The fourth-order valence-corrected chi connectivity index (χ4v) is 8.40. The quantitative estimate of drug-likeness (QED) is 0.176. The molecule has 8 aromatic carbocycles. The van der Waals surface area contributed by atoms with Crippen molar-refractivity contribution in [2.75, 3.05) is 0 Å². The highest BCUT2D eigenvalue weighted by molar-refractivity contribution is 6.14. The molecule has 0 aliphatic heterocycles. The van der Waals surface area contributed by atoms with E-state index in [0.717, 1.165) is 88.4 Å². The Labute approximate surface area is 325 Å². The van der Waals surface area contributed by atoms with Crippen molar-refractivity contribution in [1.82, 2.24) is 19.5 Å². The lowest BCUT2D eigenvalue weighted by Gasteiger charge is -2.10. The molecular weight excluding hydrogens is 701 g/mol. The molecule has 0 fully saturated rings. The molecule has 0 radical (unpaired) electrons. The SMILES string of the molecule is c1ccc(-c2ccc(-c3nc(-c4ccc5c(c4)oc4ccccc45)nc(-c4cccc5oc6ccc(-n7c8ccccc8c8ccccc87)cc6c45)n3)cc2)cc1. The maximum absolute atomic E-state index is 6.53. The number of fused-ring (bicyclic) bond motifs is 9. The molecule has 0 aliphatic rings. The summed E-state index contributed by atoms with van der Waals surface area (Å²) in [4.78, 5) is 15.5. The molecule has 0 spiro atoms. The van der Waals surface area contributed by atoms with Crippen molar-refractivity contribution in [3.63, 3.8) is 0 Å². The van der Waals surface area contributed by atoms with Gasteiger partial charge in [-0.05, 0) is 65.7 Å². The van der Waals surface area contributed by atoms with Crippen LogP contribution in [0.1, 0.15) is 0 Å². The summed E-state index contributed by atoms with van der Waals surface area (Å²) in [5.41, 5.74) is 11.4. The summed E-state index contributed by atoms with van der Waals surface area (Å²) in [6.45, 7) is 0. The van der Waals surface area contributed by atoms with Crippen molar-refractivity contribution >= 4 is 65.7 Å². The van der Waals surface area contributed by atoms with Crippen LogP contribution in [0.4, 0.5) is 0 Å². The first-order chi connectivity index (χ1) is 28.2. The first-order valence-corrected chi connectivity index (χ1v) is 19.0. The Balaban J connectivity index is 1.07. The van der Waals surface area contributed by atoms with E-state index in [1.165, 1.54) is 10.8 Å². The van der Waals surface area contributed by atoms with Gasteiger partial charge in [0.05, 0.1) is 11.0 Å². The molecule has 57 heavy (non-hydrogen) atoms. The van der Waals surface area contributed by atoms with Crippen molar-refractivity contribution < 1.29 is 8.83 Å². The average molecular weight is 731 g/mol. The van der Waals surface area contributed by atoms with Crippen LogP contribution in [0, 0.1) is 0 Å². The molecule has 4 aromatic heterocycles. The molecule has 0 N–H and O–H groups in total. The third-order valence-electron chi connectivity index (χ3n) is 11.1. The fourth-order valence-electron chi connectivity index (χ4n) is 8.40. The summed E-state index contributed by atoms with van der Waals surface area (Å²) < 4.78 is 15.2. The van der Waals surface area contributed by atoms with Crippen LogP contribution in [0.2, 0.25) is 0 Å². The van der Waals surface area contributed by atoms with Crippen molar-refractivity contribution in [3.05, 3.63) is 182 Å². The van der Waals surface area contributed by atoms with Gasteiger partial charge in [0.15, 0.2) is 17.5 Å². The average Bonchev–Trinajstić information content (AvgIpc) is 3.95. The Morgan fingerprint density at radius 3 is 1.68 bits per heavy atom. The Morgan fingerprint density at radius 1 is 0.333 bits per heavy atom. The molecule has 0 aliphatic carbocycles. The van der Waals surface area contributed by atoms with Gasteiger partial charge in [0.1, 0.15) is 22.3 Å². The maximum Gasteiger partial charge on any atom is 0.164 e. The van der Waals surface area contributed by atoms with E-state index in [2.05, 4.69) is 144 Å². The standard InChI is InChI=1S/C51H30N4O2/c1-2-11-31(12-3-1)32-21-23-33(24-22-32)49-52-50(34-25-27-39-38-15-6-9-19-44(38)57-47(39)29-34)54-51(53-49)40-16-10-20-46-48(40)41-30-35(26-28-45(41)56-46)55-42-17-7-4-13-36(42)37-14-5-8-18-43(37)55/h1-30H. The molecule has 0 unspecified atom stereocenters. The second kappa shape index (κ2) is 12.3. The lowest BCUT2D eigenvalue weighted by Crippen LogP contribution is -2.00. The second-order valence-corrected chi connectivity index (χ2v) is 14.4. The highest BCUT2D eigenvalue weighted by atomic mass is 16.3. The predicted molar refractivity (Wildman–Crippen MR) is 230 cm³/mol. The van der Waals surface area contributed by atoms with Gasteiger partial charge in [0.25, 0.3) is 0 Å². The van der Waals surface area contributed by atoms with Crippen LogP contribution in [-0.2, 0) is 0 Å². The zero-order chi connectivity index (χ0) is 37.5. The van der Waals surface area contributed by atoms with Crippen LogP contribution in [0.5, 0.6) is 0 Å². The van der Waals surface area contributed by atoms with Gasteiger partial charge < -0.3 is 13.4 Å². The number of nitrogens with zero attached hydrogens (tertiary/aromatic N) is 4. The van der Waals surface area contributed by atoms with Crippen molar-refractivity contribution in [3.8, 4) is 51.0 Å². The zero-order valence-corrected chi connectivity index (χ0v) is 30.4. The van der Waals surface area contributed by atoms with E-state index < -0.39 is 0 Å². The highest BCUT2D eigenvalue weighted by Gasteiger charge is 2.20. The molecule has 0 saturated carbocycles. The van der Waals surface area contributed by atoms with Gasteiger partial charge in [0, 0.05) is 54.7 Å². The van der Waals surface area contributed by atoms with Crippen LogP contribution < -0.4 is 0 Å². The smallest absolute Gasteiger partial charge is 0.164 e. The van der Waals surface area contributed by atoms with E-state index in [4.69, 9.17) is 23.8 Å². The van der Waals surface area contributed by atoms with Gasteiger partial charge in [-0.1, -0.05) is 127 Å². The molecule has 12 aromatic rings. The summed E-state index contributed by atoms with van der Waals surface area (Å²) >= 11 is 0. The van der Waals surface area contributed by atoms with Gasteiger partial charge in [-0.15, -0.1) is 0 Å². The summed E-state index contributed by atoms with van der Waals surface area (Å²) in [6, 6.07) is 62.7. The molecule has 6 nitrogen and oxygen atoms in total. The minimum Gasteiger partial charge on any atom is -0.456 e. The number of para-hydroxylation sites is 3. The lowest BCUT2D eigenvalue weighted by atomic mass is 10.0. The van der Waals surface area contributed by atoms with Gasteiger partial charge in [-0.3, -0.25) is 0 Å². The molecule has 6 heteroatoms. The maximum atomic E-state index is 6.53. The van der Waals surface area contributed by atoms with E-state index in [-0.39, 0.29) is 0 Å². The van der Waals surface area contributed by atoms with Crippen molar-refractivity contribution in [2.24, 2.45) is 0 Å².